The van der Waals surface area contributed by atoms with Crippen molar-refractivity contribution in [1.29, 1.82) is 0 Å². The average Bonchev–Trinajstić information content (AvgIpc) is 4.32. The third-order valence-corrected chi connectivity index (χ3v) is 17.0. The lowest BCUT2D eigenvalue weighted by Crippen LogP contribution is -2.02. The quantitative estimate of drug-likeness (QED) is 0.166. The van der Waals surface area contributed by atoms with E-state index in [0.717, 1.165) is 93.9 Å². The highest BCUT2D eigenvalue weighted by Gasteiger charge is 2.22. The molecule has 8 heteroatoms. The highest BCUT2D eigenvalue weighted by molar-refractivity contribution is 7.25. The van der Waals surface area contributed by atoms with Crippen LogP contribution in [-0.4, -0.2) is 28.7 Å². The molecule has 7 nitrogen and oxygen atoms in total. The summed E-state index contributed by atoms with van der Waals surface area (Å²) in [6, 6.07) is 81.1. The van der Waals surface area contributed by atoms with Gasteiger partial charge in [0.05, 0.1) is 38.8 Å². The second kappa shape index (κ2) is 16.2. The van der Waals surface area contributed by atoms with Crippen molar-refractivity contribution in [3.8, 4) is 50.8 Å². The molecule has 0 radical (unpaired) electrons. The third-order valence-electron chi connectivity index (χ3n) is 15.8. The van der Waals surface area contributed by atoms with Crippen molar-refractivity contribution in [1.82, 2.24) is 28.7 Å². The molecular formula is C69H40N6OS. The number of pyridine rings is 1. The lowest BCUT2D eigenvalue weighted by molar-refractivity contribution is 0.669. The Labute approximate surface area is 443 Å². The van der Waals surface area contributed by atoms with Gasteiger partial charge in [0, 0.05) is 98.8 Å². The molecule has 7 heterocycles. The zero-order valence-electron chi connectivity index (χ0n) is 41.1. The summed E-state index contributed by atoms with van der Waals surface area (Å²) in [7, 11) is 0. The molecule has 358 valence electrons. The van der Waals surface area contributed by atoms with Gasteiger partial charge in [-0.1, -0.05) is 109 Å². The number of fused-ring (bicyclic) bond motifs is 15. The molecule has 0 spiro atoms. The van der Waals surface area contributed by atoms with Crippen LogP contribution in [0.2, 0.25) is 0 Å². The Kier molecular flexibility index (Phi) is 8.87. The van der Waals surface area contributed by atoms with E-state index in [-0.39, 0.29) is 0 Å². The average molecular weight is 1000 g/mol. The van der Waals surface area contributed by atoms with Crippen molar-refractivity contribution in [2.45, 2.75) is 0 Å². The maximum Gasteiger partial charge on any atom is 0.235 e. The molecule has 0 aliphatic heterocycles. The van der Waals surface area contributed by atoms with E-state index in [0.29, 0.717) is 5.95 Å². The van der Waals surface area contributed by atoms with Crippen LogP contribution in [0.4, 0.5) is 0 Å². The minimum atomic E-state index is 0.618. The number of hydrogen-bond acceptors (Lipinski definition) is 5. The summed E-state index contributed by atoms with van der Waals surface area (Å²) in [5.41, 5.74) is 17.1. The van der Waals surface area contributed by atoms with Crippen molar-refractivity contribution in [3.63, 3.8) is 0 Å². The zero-order valence-corrected chi connectivity index (χ0v) is 41.9. The van der Waals surface area contributed by atoms with Crippen molar-refractivity contribution in [3.05, 3.63) is 243 Å². The predicted molar refractivity (Wildman–Crippen MR) is 319 cm³/mol. The summed E-state index contributed by atoms with van der Waals surface area (Å²) >= 11 is 1.79. The molecule has 0 unspecified atom stereocenters. The van der Waals surface area contributed by atoms with E-state index >= 15 is 0 Å². The topological polar surface area (TPSA) is 66.6 Å². The summed E-state index contributed by atoms with van der Waals surface area (Å²) in [4.78, 5) is 14.7. The molecule has 0 atom stereocenters. The van der Waals surface area contributed by atoms with Gasteiger partial charge in [-0.25, -0.2) is 9.97 Å². The van der Waals surface area contributed by atoms with Gasteiger partial charge in [-0.2, -0.15) is 0 Å². The Bertz CT molecular complexity index is 5290. The van der Waals surface area contributed by atoms with Crippen molar-refractivity contribution in [2.24, 2.45) is 0 Å². The van der Waals surface area contributed by atoms with Gasteiger partial charge in [-0.05, 0) is 138 Å². The molecular weight excluding hydrogens is 961 g/mol. The Hall–Kier alpha value is -10.2. The van der Waals surface area contributed by atoms with Crippen LogP contribution in [0.3, 0.4) is 0 Å². The van der Waals surface area contributed by atoms with E-state index < -0.39 is 0 Å². The van der Waals surface area contributed by atoms with Gasteiger partial charge in [-0.3, -0.25) is 9.55 Å². The van der Waals surface area contributed by atoms with Crippen LogP contribution in [0.15, 0.2) is 247 Å². The molecule has 0 amide bonds. The number of para-hydroxylation sites is 3. The fourth-order valence-corrected chi connectivity index (χ4v) is 13.3. The van der Waals surface area contributed by atoms with Gasteiger partial charge in [0.2, 0.25) is 5.95 Å². The van der Waals surface area contributed by atoms with Crippen LogP contribution in [0.1, 0.15) is 0 Å². The maximum absolute atomic E-state index is 6.63. The van der Waals surface area contributed by atoms with Gasteiger partial charge >= 0.3 is 0 Å². The fourth-order valence-electron chi connectivity index (χ4n) is 12.3. The smallest absolute Gasteiger partial charge is 0.235 e. The molecule has 0 fully saturated rings. The van der Waals surface area contributed by atoms with E-state index in [2.05, 4.69) is 237 Å². The molecule has 0 saturated carbocycles. The molecule has 17 rings (SSSR count). The first-order chi connectivity index (χ1) is 38.1. The molecule has 10 aromatic carbocycles. The monoisotopic (exact) mass is 1000 g/mol. The molecule has 7 aromatic heterocycles. The lowest BCUT2D eigenvalue weighted by atomic mass is 9.99. The lowest BCUT2D eigenvalue weighted by Gasteiger charge is -2.10. The summed E-state index contributed by atoms with van der Waals surface area (Å²) in [6.07, 6.45) is 5.70. The van der Waals surface area contributed by atoms with Gasteiger partial charge in [0.15, 0.2) is 0 Å². The standard InChI is InChI=1S/C69H40N6OS/c1-3-11-41(12-4-1)42-19-24-61-50(33-42)51-34-43(20-25-62(51)73(61)46-13-5-2-6-14-46)44-21-26-65-54(35-44)55-37-47(23-27-66(55)76-65)74-59-17-9-7-15-48(59)52-38-53-49-16-8-10-18-60(49)75(64(53)39-63(52)74)69-71-32-29-58(72-69)45-22-28-67-56(36-45)57-40-70-31-30-68(57)77-67/h1-40H. The second-order valence-corrected chi connectivity index (χ2v) is 21.1. The third kappa shape index (κ3) is 6.34. The molecule has 77 heavy (non-hydrogen) atoms. The van der Waals surface area contributed by atoms with E-state index in [1.807, 2.05) is 24.7 Å². The number of nitrogens with zero attached hydrogens (tertiary/aromatic N) is 6. The normalized spacial score (nSPS) is 12.2. The maximum atomic E-state index is 6.63. The SMILES string of the molecule is c1ccc(-c2ccc3c(c2)c2cc(-c4ccc5oc6ccc(-n7c8ccccc8c8cc9c%10ccccc%10n(-c%10nccc(-c%11ccc%12sc%13ccncc%13c%12c%11)n%10)c9cc87)cc6c5c4)ccc2n3-c2ccccc2)cc1. The first kappa shape index (κ1) is 42.2. The van der Waals surface area contributed by atoms with Crippen LogP contribution < -0.4 is 0 Å². The van der Waals surface area contributed by atoms with Crippen molar-refractivity contribution < 1.29 is 4.42 Å². The summed E-state index contributed by atoms with van der Waals surface area (Å²) in [5, 5.41) is 11.6. The van der Waals surface area contributed by atoms with Crippen LogP contribution in [0.25, 0.3) is 158 Å². The first-order valence-corrected chi connectivity index (χ1v) is 26.7. The summed E-state index contributed by atoms with van der Waals surface area (Å²) in [5.74, 6) is 0.618. The van der Waals surface area contributed by atoms with Crippen LogP contribution in [-0.2, 0) is 0 Å². The number of hydrogen-bond donors (Lipinski definition) is 0. The van der Waals surface area contributed by atoms with Crippen molar-refractivity contribution in [2.75, 3.05) is 0 Å². The molecule has 0 aliphatic rings. The Morgan fingerprint density at radius 1 is 0.325 bits per heavy atom. The fraction of sp³-hybridized carbons (Fsp3) is 0. The number of aromatic nitrogens is 6. The molecule has 0 bridgehead atoms. The second-order valence-electron chi connectivity index (χ2n) is 20.0. The molecule has 0 saturated heterocycles. The van der Waals surface area contributed by atoms with Gasteiger partial charge in [0.25, 0.3) is 0 Å². The Morgan fingerprint density at radius 2 is 0.883 bits per heavy atom. The molecule has 0 aliphatic carbocycles. The van der Waals surface area contributed by atoms with Crippen LogP contribution in [0, 0.1) is 0 Å². The summed E-state index contributed by atoms with van der Waals surface area (Å²) < 4.78 is 16.1. The van der Waals surface area contributed by atoms with Gasteiger partial charge in [0.1, 0.15) is 11.2 Å². The van der Waals surface area contributed by atoms with Crippen LogP contribution in [0.5, 0.6) is 0 Å². The predicted octanol–water partition coefficient (Wildman–Crippen LogP) is 18.4. The number of rotatable bonds is 6. The number of thiophene rings is 1. The number of benzene rings is 10. The molecule has 0 N–H and O–H groups in total. The first-order valence-electron chi connectivity index (χ1n) is 25.9. The highest BCUT2D eigenvalue weighted by Crippen LogP contribution is 2.43. The van der Waals surface area contributed by atoms with Gasteiger partial charge < -0.3 is 13.6 Å². The molecule has 17 aromatic rings. The zero-order chi connectivity index (χ0) is 50.3. The Balaban J connectivity index is 0.823. The number of furan rings is 1. The minimum absolute atomic E-state index is 0.618. The van der Waals surface area contributed by atoms with Crippen molar-refractivity contribution >= 4 is 119 Å². The van der Waals surface area contributed by atoms with Crippen LogP contribution >= 0.6 is 11.3 Å². The van der Waals surface area contributed by atoms with E-state index in [1.165, 1.54) is 58.5 Å². The van der Waals surface area contributed by atoms with E-state index in [4.69, 9.17) is 14.4 Å². The van der Waals surface area contributed by atoms with Gasteiger partial charge in [-0.15, -0.1) is 11.3 Å². The highest BCUT2D eigenvalue weighted by atomic mass is 32.1. The van der Waals surface area contributed by atoms with E-state index in [1.54, 1.807) is 11.3 Å². The summed E-state index contributed by atoms with van der Waals surface area (Å²) in [6.45, 7) is 0. The Morgan fingerprint density at radius 3 is 1.65 bits per heavy atom. The largest absolute Gasteiger partial charge is 0.456 e. The van der Waals surface area contributed by atoms with E-state index in [9.17, 15) is 0 Å². The minimum Gasteiger partial charge on any atom is -0.456 e.